The van der Waals surface area contributed by atoms with Crippen molar-refractivity contribution < 1.29 is 33.0 Å². The molecule has 120 valence electrons. The van der Waals surface area contributed by atoms with Crippen LogP contribution in [0.2, 0.25) is 0 Å². The highest BCUT2D eigenvalue weighted by molar-refractivity contribution is 5.86. The van der Waals surface area contributed by atoms with Crippen molar-refractivity contribution in [3.8, 4) is 0 Å². The molecule has 1 aliphatic heterocycles. The van der Waals surface area contributed by atoms with Gasteiger partial charge in [-0.1, -0.05) is 6.42 Å². The number of rotatable bonds is 2. The normalized spacial score (nSPS) is 34.0. The van der Waals surface area contributed by atoms with E-state index in [0.29, 0.717) is 12.8 Å². The van der Waals surface area contributed by atoms with Crippen LogP contribution in [0, 0.1) is 11.8 Å². The van der Waals surface area contributed by atoms with Crippen molar-refractivity contribution in [3.63, 3.8) is 0 Å². The molecule has 1 saturated heterocycles. The maximum absolute atomic E-state index is 12.8. The van der Waals surface area contributed by atoms with Gasteiger partial charge in [-0.3, -0.25) is 4.79 Å². The lowest BCUT2D eigenvalue weighted by molar-refractivity contribution is -0.187. The Morgan fingerprint density at radius 2 is 1.81 bits per heavy atom. The number of β-amino-alcohol motifs (C(OH)–C–C–N with tert-alkyl or cyclic N) is 1. The van der Waals surface area contributed by atoms with Crippen LogP contribution >= 0.6 is 0 Å². The van der Waals surface area contributed by atoms with Crippen molar-refractivity contribution in [3.05, 3.63) is 0 Å². The Morgan fingerprint density at radius 1 is 1.14 bits per heavy atom. The second-order valence-electron chi connectivity index (χ2n) is 5.84. The molecule has 1 aliphatic carbocycles. The third-order valence-corrected chi connectivity index (χ3v) is 4.33. The first-order valence-electron chi connectivity index (χ1n) is 6.98. The summed E-state index contributed by atoms with van der Waals surface area (Å²) in [7, 11) is 0. The molecule has 8 heteroatoms. The first-order chi connectivity index (χ1) is 9.70. The summed E-state index contributed by atoms with van der Waals surface area (Å²) in [6.45, 7) is -0.122. The maximum atomic E-state index is 12.8. The highest BCUT2D eigenvalue weighted by Gasteiger charge is 2.46. The molecule has 1 heterocycles. The lowest BCUT2D eigenvalue weighted by Crippen LogP contribution is -2.45. The first-order valence-corrected chi connectivity index (χ1v) is 6.98. The summed E-state index contributed by atoms with van der Waals surface area (Å²) in [5.41, 5.74) is 0. The molecule has 2 N–H and O–H groups in total. The van der Waals surface area contributed by atoms with Gasteiger partial charge in [0.05, 0.1) is 12.0 Å². The number of aliphatic carboxylic acids is 1. The second-order valence-corrected chi connectivity index (χ2v) is 5.84. The average Bonchev–Trinajstić information content (AvgIpc) is 2.79. The number of likely N-dealkylation sites (tertiary alicyclic amines) is 1. The Bertz CT molecular complexity index is 426. The highest BCUT2D eigenvalue weighted by Crippen LogP contribution is 2.41. The molecular formula is C13H18F3NO4. The molecule has 0 radical (unpaired) electrons. The van der Waals surface area contributed by atoms with Crippen LogP contribution in [0.5, 0.6) is 0 Å². The van der Waals surface area contributed by atoms with Crippen molar-refractivity contribution in [1.29, 1.82) is 0 Å². The van der Waals surface area contributed by atoms with E-state index in [1.807, 2.05) is 0 Å². The van der Waals surface area contributed by atoms with Crippen LogP contribution in [0.25, 0.3) is 0 Å². The molecular weight excluding hydrogens is 291 g/mol. The predicted octanol–water partition coefficient (Wildman–Crippen LogP) is 1.40. The molecule has 2 aliphatic rings. The molecule has 1 amide bonds. The SMILES string of the molecule is O=C(O)[C@@H]1C[C@@H](O)CN1C(=O)C1CCCC(C(F)(F)F)C1. The summed E-state index contributed by atoms with van der Waals surface area (Å²) < 4.78 is 38.3. The molecule has 1 saturated carbocycles. The molecule has 0 bridgehead atoms. The van der Waals surface area contributed by atoms with Gasteiger partial charge in [-0.25, -0.2) is 4.79 Å². The molecule has 0 aromatic heterocycles. The number of carbonyl (C=O) groups excluding carboxylic acids is 1. The Morgan fingerprint density at radius 3 is 2.38 bits per heavy atom. The summed E-state index contributed by atoms with van der Waals surface area (Å²) in [6.07, 6.45) is -4.97. The number of hydrogen-bond acceptors (Lipinski definition) is 3. The zero-order valence-electron chi connectivity index (χ0n) is 11.3. The third kappa shape index (κ3) is 3.48. The van der Waals surface area contributed by atoms with Crippen LogP contribution in [0.3, 0.4) is 0 Å². The van der Waals surface area contributed by atoms with Crippen molar-refractivity contribution in [1.82, 2.24) is 4.90 Å². The Labute approximate surface area is 119 Å². The number of nitrogens with zero attached hydrogens (tertiary/aromatic N) is 1. The lowest BCUT2D eigenvalue weighted by atomic mass is 9.80. The van der Waals surface area contributed by atoms with E-state index < -0.39 is 42.0 Å². The van der Waals surface area contributed by atoms with Crippen LogP contribution < -0.4 is 0 Å². The molecule has 21 heavy (non-hydrogen) atoms. The quantitative estimate of drug-likeness (QED) is 0.808. The largest absolute Gasteiger partial charge is 0.480 e. The van der Waals surface area contributed by atoms with Crippen LogP contribution in [-0.4, -0.2) is 51.9 Å². The van der Waals surface area contributed by atoms with Gasteiger partial charge in [0, 0.05) is 18.9 Å². The summed E-state index contributed by atoms with van der Waals surface area (Å²) in [4.78, 5) is 24.4. The van der Waals surface area contributed by atoms with Gasteiger partial charge < -0.3 is 15.1 Å². The van der Waals surface area contributed by atoms with Gasteiger partial charge in [-0.2, -0.15) is 13.2 Å². The molecule has 0 aromatic rings. The van der Waals surface area contributed by atoms with Crippen LogP contribution in [-0.2, 0) is 9.59 Å². The summed E-state index contributed by atoms with van der Waals surface area (Å²) >= 11 is 0. The number of carboxylic acid groups (broad SMARTS) is 1. The molecule has 2 unspecified atom stereocenters. The topological polar surface area (TPSA) is 77.8 Å². The van der Waals surface area contributed by atoms with Crippen molar-refractivity contribution >= 4 is 11.9 Å². The molecule has 0 aromatic carbocycles. The van der Waals surface area contributed by atoms with E-state index in [-0.39, 0.29) is 25.8 Å². The minimum absolute atomic E-state index is 0.0122. The highest BCUT2D eigenvalue weighted by atomic mass is 19.4. The zero-order valence-corrected chi connectivity index (χ0v) is 11.3. The van der Waals surface area contributed by atoms with Crippen LogP contribution in [0.15, 0.2) is 0 Å². The maximum Gasteiger partial charge on any atom is 0.391 e. The number of amides is 1. The fraction of sp³-hybridized carbons (Fsp3) is 0.846. The van der Waals surface area contributed by atoms with E-state index in [9.17, 15) is 27.9 Å². The fourth-order valence-electron chi connectivity index (χ4n) is 3.24. The van der Waals surface area contributed by atoms with E-state index >= 15 is 0 Å². The standard InChI is InChI=1S/C13H18F3NO4/c14-13(15,16)8-3-1-2-7(4-8)11(19)17-6-9(18)5-10(17)12(20)21/h7-10,18H,1-6H2,(H,20,21)/t7?,8?,9-,10+/m1/s1. The van der Waals surface area contributed by atoms with Crippen LogP contribution in [0.1, 0.15) is 32.1 Å². The van der Waals surface area contributed by atoms with Gasteiger partial charge in [-0.15, -0.1) is 0 Å². The van der Waals surface area contributed by atoms with Gasteiger partial charge in [0.2, 0.25) is 5.91 Å². The minimum Gasteiger partial charge on any atom is -0.480 e. The van der Waals surface area contributed by atoms with Crippen molar-refractivity contribution in [2.75, 3.05) is 6.54 Å². The predicted molar refractivity (Wildman–Crippen MR) is 65.3 cm³/mol. The summed E-state index contributed by atoms with van der Waals surface area (Å²) in [5.74, 6) is -4.12. The number of aliphatic hydroxyl groups is 1. The number of halogens is 3. The van der Waals surface area contributed by atoms with E-state index in [4.69, 9.17) is 5.11 Å². The molecule has 0 spiro atoms. The third-order valence-electron chi connectivity index (χ3n) is 4.33. The fourth-order valence-corrected chi connectivity index (χ4v) is 3.24. The van der Waals surface area contributed by atoms with Gasteiger partial charge >= 0.3 is 12.1 Å². The summed E-state index contributed by atoms with van der Waals surface area (Å²) in [5, 5.41) is 18.6. The summed E-state index contributed by atoms with van der Waals surface area (Å²) in [6, 6.07) is -1.14. The van der Waals surface area contributed by atoms with E-state index in [1.54, 1.807) is 0 Å². The van der Waals surface area contributed by atoms with E-state index in [2.05, 4.69) is 0 Å². The molecule has 2 rings (SSSR count). The minimum atomic E-state index is -4.32. The number of hydrogen-bond donors (Lipinski definition) is 2. The number of alkyl halides is 3. The van der Waals surface area contributed by atoms with Crippen molar-refractivity contribution in [2.45, 2.75) is 50.4 Å². The van der Waals surface area contributed by atoms with Crippen molar-refractivity contribution in [2.24, 2.45) is 11.8 Å². The lowest BCUT2D eigenvalue weighted by Gasteiger charge is -2.33. The Hall–Kier alpha value is -1.31. The smallest absolute Gasteiger partial charge is 0.391 e. The van der Waals surface area contributed by atoms with E-state index in [1.165, 1.54) is 0 Å². The van der Waals surface area contributed by atoms with E-state index in [0.717, 1.165) is 4.90 Å². The zero-order chi connectivity index (χ0) is 15.8. The second kappa shape index (κ2) is 5.82. The average molecular weight is 309 g/mol. The first kappa shape index (κ1) is 16.1. The van der Waals surface area contributed by atoms with Gasteiger partial charge in [0.15, 0.2) is 0 Å². The van der Waals surface area contributed by atoms with Gasteiger partial charge in [0.25, 0.3) is 0 Å². The van der Waals surface area contributed by atoms with Crippen LogP contribution in [0.4, 0.5) is 13.2 Å². The van der Waals surface area contributed by atoms with Gasteiger partial charge in [-0.05, 0) is 19.3 Å². The molecule has 5 nitrogen and oxygen atoms in total. The number of carboxylic acids is 1. The molecule has 4 atom stereocenters. The number of carbonyl (C=O) groups is 2. The van der Waals surface area contributed by atoms with Gasteiger partial charge in [0.1, 0.15) is 6.04 Å². The Balaban J connectivity index is 2.07. The number of aliphatic hydroxyl groups excluding tert-OH is 1. The monoisotopic (exact) mass is 309 g/mol. The molecule has 2 fully saturated rings. The Kier molecular flexibility index (Phi) is 4.46.